The van der Waals surface area contributed by atoms with E-state index in [4.69, 9.17) is 15.2 Å². The van der Waals surface area contributed by atoms with Crippen LogP contribution in [0.5, 0.6) is 5.75 Å². The third-order valence-corrected chi connectivity index (χ3v) is 5.82. The van der Waals surface area contributed by atoms with Crippen molar-refractivity contribution in [1.29, 1.82) is 0 Å². The Kier molecular flexibility index (Phi) is 7.09. The second-order valence-electron chi connectivity index (χ2n) is 8.19. The second kappa shape index (κ2) is 10.4. The number of carbonyl (C=O) groups is 3. The van der Waals surface area contributed by atoms with E-state index in [9.17, 15) is 18.8 Å². The molecule has 4 rings (SSSR count). The molecule has 0 aliphatic heterocycles. The molecule has 1 heterocycles. The Morgan fingerprint density at radius 2 is 1.86 bits per heavy atom. The van der Waals surface area contributed by atoms with Crippen LogP contribution in [0.25, 0.3) is 23.1 Å². The summed E-state index contributed by atoms with van der Waals surface area (Å²) >= 11 is 0. The minimum atomic E-state index is -0.822. The lowest BCUT2D eigenvalue weighted by Crippen LogP contribution is -2.35. The highest BCUT2D eigenvalue weighted by Gasteiger charge is 2.24. The largest absolute Gasteiger partial charge is 0.495 e. The van der Waals surface area contributed by atoms with Crippen molar-refractivity contribution in [1.82, 2.24) is 15.1 Å². The van der Waals surface area contributed by atoms with E-state index in [1.54, 1.807) is 24.3 Å². The SMILES string of the molecule is COc1c(C(=O)OCC(=O)NC2CCCC2)ccc2c1c(C=Cc1ccc(F)cc1)nn2C(N)=O. The molecule has 1 fully saturated rings. The Morgan fingerprint density at radius 1 is 1.14 bits per heavy atom. The van der Waals surface area contributed by atoms with Crippen molar-refractivity contribution < 1.29 is 28.2 Å². The highest BCUT2D eigenvalue weighted by Crippen LogP contribution is 2.34. The monoisotopic (exact) mass is 480 g/mol. The Labute approximate surface area is 200 Å². The van der Waals surface area contributed by atoms with Crippen LogP contribution in [0.3, 0.4) is 0 Å². The number of nitrogens with one attached hydrogen (secondary N) is 1. The molecule has 1 aliphatic rings. The number of primary amides is 1. The summed E-state index contributed by atoms with van der Waals surface area (Å²) in [6.45, 7) is -0.422. The first kappa shape index (κ1) is 23.9. The zero-order valence-corrected chi connectivity index (χ0v) is 19.1. The Balaban J connectivity index is 1.63. The molecule has 2 amide bonds. The highest BCUT2D eigenvalue weighted by molar-refractivity contribution is 6.06. The van der Waals surface area contributed by atoms with E-state index in [1.807, 2.05) is 0 Å². The third kappa shape index (κ3) is 5.32. The molecule has 0 unspecified atom stereocenters. The van der Waals surface area contributed by atoms with Crippen LogP contribution in [-0.2, 0) is 9.53 Å². The van der Waals surface area contributed by atoms with Crippen LogP contribution in [0.4, 0.5) is 9.18 Å². The number of nitrogens with two attached hydrogens (primary N) is 1. The predicted molar refractivity (Wildman–Crippen MR) is 127 cm³/mol. The van der Waals surface area contributed by atoms with Crippen molar-refractivity contribution in [2.45, 2.75) is 31.7 Å². The number of aromatic nitrogens is 2. The second-order valence-corrected chi connectivity index (χ2v) is 8.19. The summed E-state index contributed by atoms with van der Waals surface area (Å²) in [6.07, 6.45) is 7.24. The standard InChI is InChI=1S/C25H25FN4O5/c1-34-23-18(24(32)35-14-21(31)28-17-4-2-3-5-17)11-13-20-22(23)19(29-30(20)25(27)33)12-8-15-6-9-16(26)10-7-15/h6-13,17H,2-5,14H2,1H3,(H2,27,33)(H,28,31). The number of carbonyl (C=O) groups excluding carboxylic acids is 3. The van der Waals surface area contributed by atoms with Crippen molar-refractivity contribution in [2.75, 3.05) is 13.7 Å². The Hall–Kier alpha value is -4.21. The van der Waals surface area contributed by atoms with E-state index >= 15 is 0 Å². The lowest BCUT2D eigenvalue weighted by molar-refractivity contribution is -0.124. The van der Waals surface area contributed by atoms with Crippen LogP contribution in [-0.4, -0.2) is 47.4 Å². The topological polar surface area (TPSA) is 126 Å². The third-order valence-electron chi connectivity index (χ3n) is 5.82. The smallest absolute Gasteiger partial charge is 0.342 e. The molecular formula is C25H25FN4O5. The van der Waals surface area contributed by atoms with Crippen molar-refractivity contribution in [3.05, 3.63) is 59.0 Å². The van der Waals surface area contributed by atoms with Gasteiger partial charge in [0.2, 0.25) is 0 Å². The molecule has 1 aromatic heterocycles. The molecule has 10 heteroatoms. The number of rotatable bonds is 7. The molecule has 0 saturated heterocycles. The maximum Gasteiger partial charge on any atom is 0.342 e. The van der Waals surface area contributed by atoms with Crippen LogP contribution in [0.15, 0.2) is 36.4 Å². The quantitative estimate of drug-likeness (QED) is 0.499. The number of fused-ring (bicyclic) bond motifs is 1. The van der Waals surface area contributed by atoms with Gasteiger partial charge in [0.25, 0.3) is 5.91 Å². The Morgan fingerprint density at radius 3 is 2.51 bits per heavy atom. The first-order valence-electron chi connectivity index (χ1n) is 11.2. The number of hydrogen-bond donors (Lipinski definition) is 2. The van der Waals surface area contributed by atoms with Crippen LogP contribution in [0.2, 0.25) is 0 Å². The van der Waals surface area contributed by atoms with E-state index in [2.05, 4.69) is 10.4 Å². The van der Waals surface area contributed by atoms with E-state index in [0.717, 1.165) is 30.4 Å². The van der Waals surface area contributed by atoms with Crippen molar-refractivity contribution in [3.63, 3.8) is 0 Å². The number of methoxy groups -OCH3 is 1. The van der Waals surface area contributed by atoms with Crippen LogP contribution < -0.4 is 15.8 Å². The summed E-state index contributed by atoms with van der Waals surface area (Å²) < 4.78 is 24.9. The zero-order chi connectivity index (χ0) is 24.9. The zero-order valence-electron chi connectivity index (χ0n) is 19.1. The molecule has 0 radical (unpaired) electrons. The van der Waals surface area contributed by atoms with Gasteiger partial charge in [0.15, 0.2) is 6.61 Å². The molecule has 0 atom stereocenters. The Bertz CT molecular complexity index is 1290. The van der Waals surface area contributed by atoms with Crippen molar-refractivity contribution >= 4 is 41.0 Å². The number of esters is 1. The van der Waals surface area contributed by atoms with Crippen LogP contribution in [0, 0.1) is 5.82 Å². The molecule has 3 N–H and O–H groups in total. The number of hydrogen-bond acceptors (Lipinski definition) is 6. The average molecular weight is 480 g/mol. The molecule has 9 nitrogen and oxygen atoms in total. The van der Waals surface area contributed by atoms with E-state index < -0.39 is 18.6 Å². The van der Waals surface area contributed by atoms with Gasteiger partial charge < -0.3 is 20.5 Å². The van der Waals surface area contributed by atoms with E-state index in [1.165, 1.54) is 31.4 Å². The number of amides is 2. The fraction of sp³-hybridized carbons (Fsp3) is 0.280. The van der Waals surface area contributed by atoms with Crippen LogP contribution in [0.1, 0.15) is 47.3 Å². The summed E-state index contributed by atoms with van der Waals surface area (Å²) in [6, 6.07) is 8.01. The van der Waals surface area contributed by atoms with Gasteiger partial charge in [-0.3, -0.25) is 4.79 Å². The first-order valence-corrected chi connectivity index (χ1v) is 11.2. The molecule has 1 saturated carbocycles. The normalized spacial score (nSPS) is 13.9. The molecule has 2 aromatic carbocycles. The molecular weight excluding hydrogens is 455 g/mol. The molecule has 182 valence electrons. The number of nitrogens with zero attached hydrogens (tertiary/aromatic N) is 2. The van der Waals surface area contributed by atoms with Gasteiger partial charge in [0, 0.05) is 6.04 Å². The lowest BCUT2D eigenvalue weighted by atomic mass is 10.1. The lowest BCUT2D eigenvalue weighted by Gasteiger charge is -2.13. The van der Waals surface area contributed by atoms with Gasteiger partial charge in [0.05, 0.1) is 23.7 Å². The fourth-order valence-corrected chi connectivity index (χ4v) is 4.16. The van der Waals surface area contributed by atoms with E-state index in [-0.39, 0.29) is 29.1 Å². The van der Waals surface area contributed by atoms with Gasteiger partial charge in [0.1, 0.15) is 17.1 Å². The maximum absolute atomic E-state index is 13.2. The van der Waals surface area contributed by atoms with E-state index in [0.29, 0.717) is 22.2 Å². The molecule has 3 aromatic rings. The van der Waals surface area contributed by atoms with Gasteiger partial charge in [-0.25, -0.2) is 14.0 Å². The summed E-state index contributed by atoms with van der Waals surface area (Å²) in [5, 5.41) is 7.46. The summed E-state index contributed by atoms with van der Waals surface area (Å²) in [5.41, 5.74) is 6.85. The number of benzene rings is 2. The predicted octanol–water partition coefficient (Wildman–Crippen LogP) is 3.50. The minimum absolute atomic E-state index is 0.0640. The first-order chi connectivity index (χ1) is 16.9. The minimum Gasteiger partial charge on any atom is -0.495 e. The van der Waals surface area contributed by atoms with Gasteiger partial charge in [-0.15, -0.1) is 0 Å². The molecule has 0 spiro atoms. The van der Waals surface area contributed by atoms with Gasteiger partial charge in [-0.05, 0) is 48.7 Å². The van der Waals surface area contributed by atoms with Crippen molar-refractivity contribution in [2.24, 2.45) is 5.73 Å². The fourth-order valence-electron chi connectivity index (χ4n) is 4.16. The van der Waals surface area contributed by atoms with Gasteiger partial charge >= 0.3 is 12.0 Å². The van der Waals surface area contributed by atoms with Crippen molar-refractivity contribution in [3.8, 4) is 5.75 Å². The van der Waals surface area contributed by atoms with Crippen LogP contribution >= 0.6 is 0 Å². The van der Waals surface area contributed by atoms with Gasteiger partial charge in [-0.1, -0.05) is 31.1 Å². The average Bonchev–Trinajstić information content (AvgIpc) is 3.49. The number of halogens is 1. The summed E-state index contributed by atoms with van der Waals surface area (Å²) in [5.74, 6) is -1.37. The summed E-state index contributed by atoms with van der Waals surface area (Å²) in [4.78, 5) is 36.9. The number of ether oxygens (including phenoxy) is 2. The maximum atomic E-state index is 13.2. The molecule has 0 bridgehead atoms. The summed E-state index contributed by atoms with van der Waals surface area (Å²) in [7, 11) is 1.37. The molecule has 35 heavy (non-hydrogen) atoms. The highest BCUT2D eigenvalue weighted by atomic mass is 19.1. The van der Waals surface area contributed by atoms with Gasteiger partial charge in [-0.2, -0.15) is 9.78 Å². The molecule has 1 aliphatic carbocycles.